The zero-order valence-corrected chi connectivity index (χ0v) is 15.6. The van der Waals surface area contributed by atoms with Crippen molar-refractivity contribution in [2.75, 3.05) is 6.54 Å². The van der Waals surface area contributed by atoms with E-state index >= 15 is 0 Å². The summed E-state index contributed by atoms with van der Waals surface area (Å²) in [5.41, 5.74) is 0.952. The molecule has 2 atom stereocenters. The van der Waals surface area contributed by atoms with Gasteiger partial charge in [0.2, 0.25) is 5.78 Å². The molecule has 2 unspecified atom stereocenters. The molecule has 1 fully saturated rings. The number of aliphatic carboxylic acids is 1. The smallest absolute Gasteiger partial charge is 0.303 e. The van der Waals surface area contributed by atoms with Gasteiger partial charge in [0, 0.05) is 23.6 Å². The van der Waals surface area contributed by atoms with Crippen LogP contribution in [0.2, 0.25) is 5.02 Å². The molecule has 2 aromatic carbocycles. The number of halogens is 1. The maximum Gasteiger partial charge on any atom is 0.303 e. The molecule has 1 amide bonds. The van der Waals surface area contributed by atoms with Gasteiger partial charge >= 0.3 is 5.97 Å². The summed E-state index contributed by atoms with van der Waals surface area (Å²) >= 11 is 5.87. The van der Waals surface area contributed by atoms with E-state index in [0.717, 1.165) is 0 Å². The molecule has 1 aliphatic heterocycles. The van der Waals surface area contributed by atoms with Gasteiger partial charge in [0.1, 0.15) is 5.92 Å². The number of ketones is 2. The summed E-state index contributed by atoms with van der Waals surface area (Å²) < 4.78 is 0. The minimum Gasteiger partial charge on any atom is -0.481 e. The van der Waals surface area contributed by atoms with Gasteiger partial charge in [-0.2, -0.15) is 0 Å². The van der Waals surface area contributed by atoms with Gasteiger partial charge in [-0.15, -0.1) is 0 Å². The van der Waals surface area contributed by atoms with Crippen LogP contribution in [-0.4, -0.2) is 40.0 Å². The highest BCUT2D eigenvalue weighted by molar-refractivity contribution is 6.44. The van der Waals surface area contributed by atoms with Crippen molar-refractivity contribution in [2.45, 2.75) is 18.9 Å². The fourth-order valence-corrected chi connectivity index (χ4v) is 3.57. The van der Waals surface area contributed by atoms with E-state index in [2.05, 4.69) is 0 Å². The van der Waals surface area contributed by atoms with Gasteiger partial charge in [-0.25, -0.2) is 0 Å². The maximum absolute atomic E-state index is 13.1. The Morgan fingerprint density at radius 2 is 1.64 bits per heavy atom. The molecular formula is C21H18ClNO5. The predicted molar refractivity (Wildman–Crippen MR) is 102 cm³/mol. The number of Topliss-reactive ketones (excluding diaryl/α,β-unsaturated/α-hetero) is 2. The third kappa shape index (κ3) is 3.97. The number of hydrogen-bond donors (Lipinski definition) is 1. The van der Waals surface area contributed by atoms with Crippen LogP contribution in [0.5, 0.6) is 0 Å². The lowest BCUT2D eigenvalue weighted by Gasteiger charge is -2.27. The lowest BCUT2D eigenvalue weighted by Crippen LogP contribution is -2.32. The molecule has 1 heterocycles. The first-order chi connectivity index (χ1) is 13.4. The van der Waals surface area contributed by atoms with Crippen LogP contribution in [0.3, 0.4) is 0 Å². The van der Waals surface area contributed by atoms with E-state index in [4.69, 9.17) is 16.7 Å². The van der Waals surface area contributed by atoms with Crippen molar-refractivity contribution in [1.29, 1.82) is 0 Å². The van der Waals surface area contributed by atoms with Gasteiger partial charge in [-0.05, 0) is 36.2 Å². The van der Waals surface area contributed by atoms with Crippen LogP contribution >= 0.6 is 11.6 Å². The summed E-state index contributed by atoms with van der Waals surface area (Å²) in [4.78, 5) is 50.6. The molecule has 1 N–H and O–H groups in total. The number of rotatable bonds is 7. The molecule has 3 rings (SSSR count). The SMILES string of the molecule is O=C(O)CCCN1C(=O)C(=O)C(C(=O)c2ccc(Cl)cc2)C1c1ccccc1. The first kappa shape index (κ1) is 19.8. The van der Waals surface area contributed by atoms with E-state index in [9.17, 15) is 19.2 Å². The van der Waals surface area contributed by atoms with Crippen molar-refractivity contribution in [2.24, 2.45) is 5.92 Å². The number of amides is 1. The number of nitrogens with zero attached hydrogens (tertiary/aromatic N) is 1. The fraction of sp³-hybridized carbons (Fsp3) is 0.238. The van der Waals surface area contributed by atoms with Crippen LogP contribution in [0, 0.1) is 5.92 Å². The molecule has 7 heteroatoms. The maximum atomic E-state index is 13.1. The van der Waals surface area contributed by atoms with Crippen LogP contribution in [-0.2, 0) is 14.4 Å². The Bertz CT molecular complexity index is 910. The van der Waals surface area contributed by atoms with Gasteiger partial charge in [-0.3, -0.25) is 19.2 Å². The van der Waals surface area contributed by atoms with Gasteiger partial charge in [-0.1, -0.05) is 41.9 Å². The van der Waals surface area contributed by atoms with Crippen molar-refractivity contribution in [3.8, 4) is 0 Å². The Morgan fingerprint density at radius 3 is 2.25 bits per heavy atom. The first-order valence-electron chi connectivity index (χ1n) is 8.81. The van der Waals surface area contributed by atoms with Crippen molar-refractivity contribution in [3.63, 3.8) is 0 Å². The molecule has 0 aliphatic carbocycles. The topological polar surface area (TPSA) is 91.8 Å². The molecule has 1 aliphatic rings. The van der Waals surface area contributed by atoms with Crippen molar-refractivity contribution < 1.29 is 24.3 Å². The monoisotopic (exact) mass is 399 g/mol. The normalized spacial score (nSPS) is 19.1. The molecule has 0 spiro atoms. The van der Waals surface area contributed by atoms with Crippen LogP contribution < -0.4 is 0 Å². The van der Waals surface area contributed by atoms with Crippen LogP contribution in [0.15, 0.2) is 54.6 Å². The second kappa shape index (κ2) is 8.35. The molecule has 0 radical (unpaired) electrons. The molecule has 0 aromatic heterocycles. The van der Waals surface area contributed by atoms with Crippen LogP contribution in [0.25, 0.3) is 0 Å². The van der Waals surface area contributed by atoms with Crippen molar-refractivity contribution >= 4 is 35.0 Å². The number of likely N-dealkylation sites (tertiary alicyclic amines) is 1. The predicted octanol–water partition coefficient (Wildman–Crippen LogP) is 3.16. The Morgan fingerprint density at radius 1 is 1.00 bits per heavy atom. The van der Waals surface area contributed by atoms with Crippen LogP contribution in [0.1, 0.15) is 34.8 Å². The molecular weight excluding hydrogens is 382 g/mol. The van der Waals surface area contributed by atoms with Gasteiger partial charge in [0.15, 0.2) is 5.78 Å². The van der Waals surface area contributed by atoms with Crippen molar-refractivity contribution in [3.05, 3.63) is 70.7 Å². The average molecular weight is 400 g/mol. The molecule has 2 aromatic rings. The molecule has 0 bridgehead atoms. The third-order valence-electron chi connectivity index (χ3n) is 4.75. The second-order valence-corrected chi connectivity index (χ2v) is 7.00. The number of carbonyl (C=O) groups is 4. The van der Waals surface area contributed by atoms with Gasteiger partial charge in [0.25, 0.3) is 5.91 Å². The van der Waals surface area contributed by atoms with Crippen LogP contribution in [0.4, 0.5) is 0 Å². The Labute approximate surface area is 166 Å². The standard InChI is InChI=1S/C21H18ClNO5/c22-15-10-8-14(9-11-15)19(26)17-18(13-5-2-1-3-6-13)23(21(28)20(17)27)12-4-7-16(24)25/h1-3,5-6,8-11,17-18H,4,7,12H2,(H,24,25). The largest absolute Gasteiger partial charge is 0.481 e. The quantitative estimate of drug-likeness (QED) is 0.438. The van der Waals surface area contributed by atoms with Gasteiger partial charge < -0.3 is 10.0 Å². The Hall–Kier alpha value is -2.99. The number of benzene rings is 2. The lowest BCUT2D eigenvalue weighted by molar-refractivity contribution is -0.141. The summed E-state index contributed by atoms with van der Waals surface area (Å²) in [5, 5.41) is 9.32. The lowest BCUT2D eigenvalue weighted by atomic mass is 9.86. The zero-order chi connectivity index (χ0) is 20.3. The highest BCUT2D eigenvalue weighted by atomic mass is 35.5. The molecule has 0 saturated carbocycles. The van der Waals surface area contributed by atoms with E-state index in [1.165, 1.54) is 17.0 Å². The van der Waals surface area contributed by atoms with E-state index in [0.29, 0.717) is 16.1 Å². The first-order valence-corrected chi connectivity index (χ1v) is 9.19. The third-order valence-corrected chi connectivity index (χ3v) is 5.00. The fourth-order valence-electron chi connectivity index (χ4n) is 3.44. The minimum atomic E-state index is -1.18. The Balaban J connectivity index is 1.97. The number of carboxylic acids is 1. The number of carboxylic acid groups (broad SMARTS) is 1. The molecule has 144 valence electrons. The Kier molecular flexibility index (Phi) is 5.90. The summed E-state index contributed by atoms with van der Waals surface area (Å²) in [7, 11) is 0. The highest BCUT2D eigenvalue weighted by Gasteiger charge is 2.51. The summed E-state index contributed by atoms with van der Waals surface area (Å²) in [6.07, 6.45) is 0.0643. The van der Waals surface area contributed by atoms with E-state index in [-0.39, 0.29) is 19.4 Å². The summed E-state index contributed by atoms with van der Waals surface area (Å²) in [6, 6.07) is 14.2. The summed E-state index contributed by atoms with van der Waals surface area (Å²) in [6.45, 7) is 0.0842. The molecule has 28 heavy (non-hydrogen) atoms. The van der Waals surface area contributed by atoms with E-state index in [1.54, 1.807) is 42.5 Å². The van der Waals surface area contributed by atoms with Crippen molar-refractivity contribution in [1.82, 2.24) is 4.90 Å². The van der Waals surface area contributed by atoms with E-state index < -0.39 is 35.4 Å². The molecule has 6 nitrogen and oxygen atoms in total. The number of carbonyl (C=O) groups excluding carboxylic acids is 3. The summed E-state index contributed by atoms with van der Waals surface area (Å²) in [5.74, 6) is -4.15. The highest BCUT2D eigenvalue weighted by Crippen LogP contribution is 2.38. The van der Waals surface area contributed by atoms with E-state index in [1.807, 2.05) is 0 Å². The molecule has 1 saturated heterocycles. The average Bonchev–Trinajstić information content (AvgIpc) is 2.93. The second-order valence-electron chi connectivity index (χ2n) is 6.56. The zero-order valence-electron chi connectivity index (χ0n) is 14.9. The minimum absolute atomic E-state index is 0.0842. The van der Waals surface area contributed by atoms with Gasteiger partial charge in [0.05, 0.1) is 6.04 Å². The number of hydrogen-bond acceptors (Lipinski definition) is 4.